The zero-order chi connectivity index (χ0) is 29.8. The minimum Gasteiger partial charge on any atom is -0.497 e. The third-order valence-corrected chi connectivity index (χ3v) is 8.33. The number of nitrogens with zero attached hydrogens (tertiary/aromatic N) is 2. The standard InChI is InChI=1S/C31H39N3O6S/c1-5-7-21-32-31(36)24(3)33(22-25-17-19-26(39-4)20-18-25)30(35)23-34(28-15-11-12-16-29(28)40-6-2)41(37,38)27-13-9-8-10-14-27/h8-20,24H,5-7,21-23H2,1-4H3,(H,32,36)/t24-/m1/s1. The number of methoxy groups -OCH3 is 1. The van der Waals surface area contributed by atoms with E-state index in [0.29, 0.717) is 24.7 Å². The first-order valence-corrected chi connectivity index (χ1v) is 15.2. The van der Waals surface area contributed by atoms with Crippen LogP contribution in [0.5, 0.6) is 11.5 Å². The van der Waals surface area contributed by atoms with Crippen molar-refractivity contribution in [1.82, 2.24) is 10.2 Å². The summed E-state index contributed by atoms with van der Waals surface area (Å²) in [4.78, 5) is 28.6. The van der Waals surface area contributed by atoms with Crippen molar-refractivity contribution >= 4 is 27.5 Å². The first-order chi connectivity index (χ1) is 19.7. The second-order valence-corrected chi connectivity index (χ2v) is 11.3. The number of ether oxygens (including phenoxy) is 2. The average Bonchev–Trinajstić information content (AvgIpc) is 2.99. The summed E-state index contributed by atoms with van der Waals surface area (Å²) < 4.78 is 40.0. The highest BCUT2D eigenvalue weighted by atomic mass is 32.2. The Labute approximate surface area is 243 Å². The fourth-order valence-electron chi connectivity index (χ4n) is 4.22. The van der Waals surface area contributed by atoms with E-state index in [1.807, 2.05) is 19.1 Å². The lowest BCUT2D eigenvalue weighted by Gasteiger charge is -2.32. The molecule has 0 aliphatic carbocycles. The Morgan fingerprint density at radius 1 is 0.927 bits per heavy atom. The minimum absolute atomic E-state index is 0.0335. The second kappa shape index (κ2) is 15.1. The van der Waals surface area contributed by atoms with E-state index in [1.165, 1.54) is 17.0 Å². The fourth-order valence-corrected chi connectivity index (χ4v) is 5.67. The van der Waals surface area contributed by atoms with Crippen LogP contribution in [0, 0.1) is 0 Å². The number of hydrogen-bond acceptors (Lipinski definition) is 6. The summed E-state index contributed by atoms with van der Waals surface area (Å²) in [6.07, 6.45) is 1.72. The van der Waals surface area contributed by atoms with Gasteiger partial charge in [-0.3, -0.25) is 13.9 Å². The van der Waals surface area contributed by atoms with Gasteiger partial charge in [0.2, 0.25) is 11.8 Å². The van der Waals surface area contributed by atoms with Gasteiger partial charge in [-0.2, -0.15) is 0 Å². The van der Waals surface area contributed by atoms with Gasteiger partial charge in [-0.15, -0.1) is 0 Å². The Kier molecular flexibility index (Phi) is 11.6. The molecule has 0 aliphatic heterocycles. The zero-order valence-corrected chi connectivity index (χ0v) is 24.9. The third-order valence-electron chi connectivity index (χ3n) is 6.55. The lowest BCUT2D eigenvalue weighted by molar-refractivity contribution is -0.139. The van der Waals surface area contributed by atoms with Gasteiger partial charge in [0.1, 0.15) is 24.1 Å². The van der Waals surface area contributed by atoms with E-state index in [-0.39, 0.29) is 23.0 Å². The molecule has 0 unspecified atom stereocenters. The van der Waals surface area contributed by atoms with Crippen LogP contribution >= 0.6 is 0 Å². The Bertz CT molecular complexity index is 1380. The molecule has 0 saturated heterocycles. The normalized spacial score (nSPS) is 11.8. The Balaban J connectivity index is 2.03. The molecule has 0 saturated carbocycles. The number of unbranched alkanes of at least 4 members (excludes halogenated alkanes) is 1. The summed E-state index contributed by atoms with van der Waals surface area (Å²) in [5.41, 5.74) is 0.996. The number of amides is 2. The van der Waals surface area contributed by atoms with Crippen LogP contribution < -0.4 is 19.1 Å². The molecule has 3 aromatic rings. The van der Waals surface area contributed by atoms with E-state index in [4.69, 9.17) is 9.47 Å². The number of carbonyl (C=O) groups excluding carboxylic acids is 2. The van der Waals surface area contributed by atoms with Crippen LogP contribution in [0.4, 0.5) is 5.69 Å². The summed E-state index contributed by atoms with van der Waals surface area (Å²) in [5, 5.41) is 2.88. The van der Waals surface area contributed by atoms with Crippen LogP contribution in [-0.4, -0.2) is 58.0 Å². The maximum Gasteiger partial charge on any atom is 0.264 e. The molecule has 0 aliphatic rings. The number of sulfonamides is 1. The van der Waals surface area contributed by atoms with Crippen LogP contribution in [0.15, 0.2) is 83.8 Å². The van der Waals surface area contributed by atoms with Gasteiger partial charge in [-0.25, -0.2) is 8.42 Å². The number of para-hydroxylation sites is 2. The van der Waals surface area contributed by atoms with E-state index < -0.39 is 28.5 Å². The van der Waals surface area contributed by atoms with Crippen molar-refractivity contribution in [3.8, 4) is 11.5 Å². The van der Waals surface area contributed by atoms with Gasteiger partial charge in [0, 0.05) is 13.1 Å². The van der Waals surface area contributed by atoms with E-state index in [1.54, 1.807) is 75.6 Å². The highest BCUT2D eigenvalue weighted by molar-refractivity contribution is 7.92. The molecule has 3 rings (SSSR count). The quantitative estimate of drug-likeness (QED) is 0.263. The first kappa shape index (κ1) is 31.5. The molecule has 0 aromatic heterocycles. The van der Waals surface area contributed by atoms with Crippen molar-refractivity contribution in [2.75, 3.05) is 31.1 Å². The van der Waals surface area contributed by atoms with Crippen LogP contribution in [0.3, 0.4) is 0 Å². The molecule has 2 amide bonds. The van der Waals surface area contributed by atoms with Crippen molar-refractivity contribution in [3.05, 3.63) is 84.4 Å². The Morgan fingerprint density at radius 3 is 2.22 bits per heavy atom. The monoisotopic (exact) mass is 581 g/mol. The van der Waals surface area contributed by atoms with E-state index in [0.717, 1.165) is 22.7 Å². The fraction of sp³-hybridized carbons (Fsp3) is 0.355. The highest BCUT2D eigenvalue weighted by Crippen LogP contribution is 2.33. The maximum absolute atomic E-state index is 14.1. The van der Waals surface area contributed by atoms with E-state index >= 15 is 0 Å². The molecule has 41 heavy (non-hydrogen) atoms. The third kappa shape index (κ3) is 8.23. The summed E-state index contributed by atoms with van der Waals surface area (Å²) in [5.74, 6) is 0.135. The highest BCUT2D eigenvalue weighted by Gasteiger charge is 2.33. The lowest BCUT2D eigenvalue weighted by Crippen LogP contribution is -2.51. The summed E-state index contributed by atoms with van der Waals surface area (Å²) in [6, 6.07) is 20.9. The Morgan fingerprint density at radius 2 is 1.59 bits per heavy atom. The van der Waals surface area contributed by atoms with Crippen LogP contribution in [0.25, 0.3) is 0 Å². The largest absolute Gasteiger partial charge is 0.497 e. The number of nitrogens with one attached hydrogen (secondary N) is 1. The van der Waals surface area contributed by atoms with Crippen LogP contribution in [-0.2, 0) is 26.2 Å². The first-order valence-electron chi connectivity index (χ1n) is 13.7. The van der Waals surface area contributed by atoms with Gasteiger partial charge < -0.3 is 19.7 Å². The minimum atomic E-state index is -4.18. The molecule has 0 heterocycles. The average molecular weight is 582 g/mol. The number of carbonyl (C=O) groups is 2. The molecule has 220 valence electrons. The maximum atomic E-state index is 14.1. The lowest BCUT2D eigenvalue weighted by atomic mass is 10.1. The molecule has 0 bridgehead atoms. The molecule has 1 atom stereocenters. The van der Waals surface area contributed by atoms with Crippen LogP contribution in [0.2, 0.25) is 0 Å². The van der Waals surface area contributed by atoms with Crippen molar-refractivity contribution in [2.24, 2.45) is 0 Å². The predicted octanol–water partition coefficient (Wildman–Crippen LogP) is 4.62. The molecule has 10 heteroatoms. The van der Waals surface area contributed by atoms with Gasteiger partial charge in [0.15, 0.2) is 0 Å². The number of hydrogen-bond donors (Lipinski definition) is 1. The predicted molar refractivity (Wildman–Crippen MR) is 160 cm³/mol. The summed E-state index contributed by atoms with van der Waals surface area (Å²) in [6.45, 7) is 5.82. The van der Waals surface area contributed by atoms with E-state index in [9.17, 15) is 18.0 Å². The van der Waals surface area contributed by atoms with Crippen molar-refractivity contribution < 1.29 is 27.5 Å². The Hall–Kier alpha value is -4.05. The number of benzene rings is 3. The van der Waals surface area contributed by atoms with Crippen molar-refractivity contribution in [1.29, 1.82) is 0 Å². The molecule has 1 N–H and O–H groups in total. The zero-order valence-electron chi connectivity index (χ0n) is 24.1. The smallest absolute Gasteiger partial charge is 0.264 e. The van der Waals surface area contributed by atoms with Gasteiger partial charge in [0.05, 0.1) is 24.3 Å². The second-order valence-electron chi connectivity index (χ2n) is 9.42. The molecule has 0 fully saturated rings. The van der Waals surface area contributed by atoms with Crippen molar-refractivity contribution in [3.63, 3.8) is 0 Å². The molecule has 9 nitrogen and oxygen atoms in total. The van der Waals surface area contributed by atoms with Gasteiger partial charge in [-0.1, -0.05) is 55.8 Å². The molecular weight excluding hydrogens is 542 g/mol. The molecular formula is C31H39N3O6S. The summed E-state index contributed by atoms with van der Waals surface area (Å²) >= 11 is 0. The molecule has 0 spiro atoms. The van der Waals surface area contributed by atoms with Crippen molar-refractivity contribution in [2.45, 2.75) is 51.1 Å². The van der Waals surface area contributed by atoms with E-state index in [2.05, 4.69) is 5.32 Å². The van der Waals surface area contributed by atoms with Crippen LogP contribution in [0.1, 0.15) is 39.2 Å². The molecule has 3 aromatic carbocycles. The van der Waals surface area contributed by atoms with Gasteiger partial charge >= 0.3 is 0 Å². The topological polar surface area (TPSA) is 105 Å². The van der Waals surface area contributed by atoms with Gasteiger partial charge in [0.25, 0.3) is 10.0 Å². The SMILES string of the molecule is CCCCNC(=O)[C@@H](C)N(Cc1ccc(OC)cc1)C(=O)CN(c1ccccc1OCC)S(=O)(=O)c1ccccc1. The number of rotatable bonds is 15. The molecule has 0 radical (unpaired) electrons. The number of anilines is 1. The summed E-state index contributed by atoms with van der Waals surface area (Å²) in [7, 11) is -2.62. The van der Waals surface area contributed by atoms with Gasteiger partial charge in [-0.05, 0) is 62.2 Å².